The van der Waals surface area contributed by atoms with E-state index in [9.17, 15) is 4.79 Å². The first-order valence-electron chi connectivity index (χ1n) is 5.08. The summed E-state index contributed by atoms with van der Waals surface area (Å²) in [6, 6.07) is 0. The number of carbonyl (C=O) groups is 1. The Morgan fingerprint density at radius 2 is 2.19 bits per heavy atom. The maximum atomic E-state index is 11.8. The molecule has 0 saturated heterocycles. The second-order valence-corrected chi connectivity index (χ2v) is 3.86. The number of nitrogens with zero attached hydrogens (tertiary/aromatic N) is 3. The minimum atomic E-state index is 0.0233. The van der Waals surface area contributed by atoms with E-state index in [4.69, 9.17) is 0 Å². The maximum absolute atomic E-state index is 11.8. The van der Waals surface area contributed by atoms with Gasteiger partial charge in [-0.1, -0.05) is 18.2 Å². The highest BCUT2D eigenvalue weighted by molar-refractivity contribution is 6.11. The Morgan fingerprint density at radius 1 is 1.38 bits per heavy atom. The summed E-state index contributed by atoms with van der Waals surface area (Å²) in [6.07, 6.45) is 9.73. The highest BCUT2D eigenvalue weighted by atomic mass is 16.2. The van der Waals surface area contributed by atoms with Crippen molar-refractivity contribution >= 4 is 17.8 Å². The van der Waals surface area contributed by atoms with Crippen molar-refractivity contribution in [3.63, 3.8) is 0 Å². The van der Waals surface area contributed by atoms with Crippen LogP contribution in [0.3, 0.4) is 0 Å². The summed E-state index contributed by atoms with van der Waals surface area (Å²) in [6.45, 7) is 0. The molecule has 0 N–H and O–H groups in total. The lowest BCUT2D eigenvalue weighted by molar-refractivity contribution is -0.124. The topological polar surface area (TPSA) is 45.0 Å². The van der Waals surface area contributed by atoms with Gasteiger partial charge in [0.15, 0.2) is 0 Å². The maximum Gasteiger partial charge on any atom is 0.249 e. The van der Waals surface area contributed by atoms with Gasteiger partial charge >= 0.3 is 0 Å². The number of hydrogen-bond acceptors (Lipinski definition) is 3. The third-order valence-electron chi connectivity index (χ3n) is 2.44. The number of hydrogen-bond donors (Lipinski definition) is 0. The van der Waals surface area contributed by atoms with Crippen molar-refractivity contribution in [3.05, 3.63) is 35.5 Å². The number of carbonyl (C=O) groups excluding carboxylic acids is 1. The highest BCUT2D eigenvalue weighted by Gasteiger charge is 2.19. The standard InChI is InChI=1S/C12H13N3O/c1-15(2)12(16)10-6-5-9-4-3-7-13-14-11(9)8-10/h3-7H,8H2,1-2H3. The summed E-state index contributed by atoms with van der Waals surface area (Å²) in [5.41, 5.74) is 2.61. The van der Waals surface area contributed by atoms with Crippen LogP contribution in [0.2, 0.25) is 0 Å². The number of rotatable bonds is 1. The van der Waals surface area contributed by atoms with Crippen LogP contribution in [0.4, 0.5) is 0 Å². The first-order chi connectivity index (χ1) is 7.68. The molecule has 0 spiro atoms. The smallest absolute Gasteiger partial charge is 0.249 e. The van der Waals surface area contributed by atoms with Crippen molar-refractivity contribution in [2.24, 2.45) is 10.2 Å². The molecule has 2 rings (SSSR count). The largest absolute Gasteiger partial charge is 0.345 e. The number of fused-ring (bicyclic) bond motifs is 1. The lowest BCUT2D eigenvalue weighted by Crippen LogP contribution is -2.25. The van der Waals surface area contributed by atoms with Crippen LogP contribution in [0.5, 0.6) is 0 Å². The summed E-state index contributed by atoms with van der Waals surface area (Å²) in [4.78, 5) is 13.3. The van der Waals surface area contributed by atoms with Crippen LogP contribution in [0, 0.1) is 0 Å². The summed E-state index contributed by atoms with van der Waals surface area (Å²) in [7, 11) is 3.49. The van der Waals surface area contributed by atoms with Crippen LogP contribution in [0.1, 0.15) is 6.42 Å². The highest BCUT2D eigenvalue weighted by Crippen LogP contribution is 2.19. The van der Waals surface area contributed by atoms with Crippen LogP contribution >= 0.6 is 0 Å². The molecule has 0 unspecified atom stereocenters. The molecule has 0 aromatic heterocycles. The van der Waals surface area contributed by atoms with Crippen LogP contribution in [0.15, 0.2) is 45.7 Å². The Labute approximate surface area is 94.4 Å². The molecule has 0 aromatic carbocycles. The number of likely N-dealkylation sites (N-methyl/N-ethyl adjacent to an activating group) is 1. The number of amides is 1. The van der Waals surface area contributed by atoms with E-state index in [2.05, 4.69) is 10.2 Å². The fourth-order valence-electron chi connectivity index (χ4n) is 1.60. The van der Waals surface area contributed by atoms with Gasteiger partial charge in [0, 0.05) is 32.3 Å². The van der Waals surface area contributed by atoms with Gasteiger partial charge in [0.05, 0.1) is 5.71 Å². The van der Waals surface area contributed by atoms with Crippen molar-refractivity contribution in [3.8, 4) is 0 Å². The fourth-order valence-corrected chi connectivity index (χ4v) is 1.60. The van der Waals surface area contributed by atoms with E-state index in [0.29, 0.717) is 6.42 Å². The lowest BCUT2D eigenvalue weighted by atomic mass is 9.95. The molecule has 0 atom stereocenters. The van der Waals surface area contributed by atoms with Crippen molar-refractivity contribution in [2.45, 2.75) is 6.42 Å². The molecule has 16 heavy (non-hydrogen) atoms. The van der Waals surface area contributed by atoms with Crippen molar-refractivity contribution in [2.75, 3.05) is 14.1 Å². The third-order valence-corrected chi connectivity index (χ3v) is 2.44. The van der Waals surface area contributed by atoms with Crippen molar-refractivity contribution < 1.29 is 4.79 Å². The van der Waals surface area contributed by atoms with Gasteiger partial charge in [-0.15, -0.1) is 0 Å². The third kappa shape index (κ3) is 2.00. The lowest BCUT2D eigenvalue weighted by Gasteiger charge is -2.17. The van der Waals surface area contributed by atoms with Crippen LogP contribution < -0.4 is 0 Å². The summed E-state index contributed by atoms with van der Waals surface area (Å²) in [5, 5.41) is 7.96. The molecular formula is C12H13N3O. The monoisotopic (exact) mass is 215 g/mol. The molecule has 0 radical (unpaired) electrons. The van der Waals surface area contributed by atoms with Gasteiger partial charge in [-0.05, 0) is 11.6 Å². The van der Waals surface area contributed by atoms with Crippen LogP contribution in [-0.2, 0) is 4.79 Å². The predicted octanol–water partition coefficient (Wildman–Crippen LogP) is 1.33. The molecule has 0 bridgehead atoms. The van der Waals surface area contributed by atoms with E-state index in [1.54, 1.807) is 25.2 Å². The molecule has 0 fully saturated rings. The first kappa shape index (κ1) is 10.5. The average molecular weight is 215 g/mol. The Bertz CT molecular complexity index is 465. The minimum absolute atomic E-state index is 0.0233. The molecule has 4 heteroatoms. The minimum Gasteiger partial charge on any atom is -0.345 e. The van der Waals surface area contributed by atoms with Gasteiger partial charge in [0.1, 0.15) is 0 Å². The predicted molar refractivity (Wildman–Crippen MR) is 64.5 cm³/mol. The Hall–Kier alpha value is -1.97. The first-order valence-corrected chi connectivity index (χ1v) is 5.08. The molecule has 1 aliphatic carbocycles. The van der Waals surface area contributed by atoms with E-state index in [1.165, 1.54) is 0 Å². The van der Waals surface area contributed by atoms with Crippen LogP contribution in [0.25, 0.3) is 0 Å². The molecule has 1 aliphatic heterocycles. The van der Waals surface area contributed by atoms with E-state index in [-0.39, 0.29) is 5.91 Å². The van der Waals surface area contributed by atoms with Crippen LogP contribution in [-0.4, -0.2) is 36.8 Å². The normalized spacial score (nSPS) is 18.0. The van der Waals surface area contributed by atoms with Gasteiger partial charge in [0.2, 0.25) is 5.91 Å². The van der Waals surface area contributed by atoms with E-state index < -0.39 is 0 Å². The van der Waals surface area contributed by atoms with E-state index in [1.807, 2.05) is 24.3 Å². The summed E-state index contributed by atoms with van der Waals surface area (Å²) in [5.74, 6) is 0.0233. The Kier molecular flexibility index (Phi) is 2.81. The quantitative estimate of drug-likeness (QED) is 0.650. The SMILES string of the molecule is CN(C)C(=O)C1=CC=C2C=CC=NN=C2C1. The van der Waals surface area contributed by atoms with Gasteiger partial charge in [-0.25, -0.2) is 0 Å². The average Bonchev–Trinajstić information content (AvgIpc) is 2.51. The van der Waals surface area contributed by atoms with Gasteiger partial charge in [-0.3, -0.25) is 4.79 Å². The fraction of sp³-hybridized carbons (Fsp3) is 0.250. The van der Waals surface area contributed by atoms with Gasteiger partial charge < -0.3 is 4.90 Å². The molecule has 0 saturated carbocycles. The van der Waals surface area contributed by atoms with Gasteiger partial charge in [-0.2, -0.15) is 10.2 Å². The zero-order chi connectivity index (χ0) is 11.5. The van der Waals surface area contributed by atoms with Gasteiger partial charge in [0.25, 0.3) is 0 Å². The zero-order valence-corrected chi connectivity index (χ0v) is 9.34. The second kappa shape index (κ2) is 4.26. The molecule has 0 aromatic rings. The number of allylic oxidation sites excluding steroid dienone is 5. The molecule has 1 amide bonds. The molecule has 4 nitrogen and oxygen atoms in total. The molecule has 82 valence electrons. The van der Waals surface area contributed by atoms with E-state index in [0.717, 1.165) is 16.9 Å². The van der Waals surface area contributed by atoms with Crippen molar-refractivity contribution in [1.82, 2.24) is 4.90 Å². The molecular weight excluding hydrogens is 202 g/mol. The van der Waals surface area contributed by atoms with E-state index >= 15 is 0 Å². The Balaban J connectivity index is 2.30. The molecule has 1 heterocycles. The summed E-state index contributed by atoms with van der Waals surface area (Å²) >= 11 is 0. The molecule has 2 aliphatic rings. The zero-order valence-electron chi connectivity index (χ0n) is 9.34. The Morgan fingerprint density at radius 3 is 2.94 bits per heavy atom. The second-order valence-electron chi connectivity index (χ2n) is 3.86. The van der Waals surface area contributed by atoms with Crippen molar-refractivity contribution in [1.29, 1.82) is 0 Å². The summed E-state index contributed by atoms with van der Waals surface area (Å²) < 4.78 is 0.